The quantitative estimate of drug-likeness (QED) is 0.583. The molecule has 1 aromatic carbocycles. The summed E-state index contributed by atoms with van der Waals surface area (Å²) in [5, 5.41) is 8.77. The Morgan fingerprint density at radius 3 is 2.85 bits per heavy atom. The van der Waals surface area contributed by atoms with Crippen molar-refractivity contribution in [2.45, 2.75) is 20.3 Å². The molecule has 0 saturated heterocycles. The molecule has 1 rings (SSSR count). The van der Waals surface area contributed by atoms with Crippen LogP contribution in [-0.2, 0) is 4.79 Å². The number of terminal acetylenes is 1. The summed E-state index contributed by atoms with van der Waals surface area (Å²) in [4.78, 5) is 12.4. The van der Waals surface area contributed by atoms with Crippen LogP contribution in [-0.4, -0.2) is 42.2 Å². The van der Waals surface area contributed by atoms with E-state index in [2.05, 4.69) is 5.92 Å². The van der Waals surface area contributed by atoms with Gasteiger partial charge in [0, 0.05) is 6.54 Å². The molecule has 0 radical (unpaired) electrons. The van der Waals surface area contributed by atoms with E-state index in [4.69, 9.17) is 16.3 Å². The highest BCUT2D eigenvalue weighted by Crippen LogP contribution is 2.19. The zero-order valence-corrected chi connectivity index (χ0v) is 12.1. The van der Waals surface area contributed by atoms with Gasteiger partial charge in [-0.25, -0.2) is 0 Å². The summed E-state index contributed by atoms with van der Waals surface area (Å²) in [5.74, 6) is 2.49. The number of aryl methyl sites for hydroxylation is 2. The summed E-state index contributed by atoms with van der Waals surface area (Å²) in [6.45, 7) is 5.49. The molecule has 0 atom stereocenters. The van der Waals surface area contributed by atoms with Gasteiger partial charge in [-0.2, -0.15) is 0 Å². The topological polar surface area (TPSA) is 49.8 Å². The lowest BCUT2D eigenvalue weighted by atomic mass is 10.1. The first-order valence-electron chi connectivity index (χ1n) is 6.60. The highest BCUT2D eigenvalue weighted by atomic mass is 16.5. The summed E-state index contributed by atoms with van der Waals surface area (Å²) >= 11 is 0. The van der Waals surface area contributed by atoms with Gasteiger partial charge in [-0.1, -0.05) is 18.1 Å². The SMILES string of the molecule is C#CCN(CCCOc1cc(C)ccc1C)CC(=O)O. The molecule has 0 fully saturated rings. The molecule has 4 nitrogen and oxygen atoms in total. The number of aliphatic carboxylic acids is 1. The zero-order chi connectivity index (χ0) is 15.0. The molecule has 0 aromatic heterocycles. The maximum atomic E-state index is 10.7. The summed E-state index contributed by atoms with van der Waals surface area (Å²) in [6.07, 6.45) is 5.96. The van der Waals surface area contributed by atoms with E-state index in [0.717, 1.165) is 23.3 Å². The standard InChI is InChI=1S/C16H21NO3/c1-4-8-17(12-16(18)19)9-5-10-20-15-11-13(2)6-7-14(15)3/h1,6-7,11H,5,8-10,12H2,2-3H3,(H,18,19). The van der Waals surface area contributed by atoms with Crippen molar-refractivity contribution in [1.29, 1.82) is 0 Å². The second kappa shape index (κ2) is 8.23. The summed E-state index contributed by atoms with van der Waals surface area (Å²) in [7, 11) is 0. The third-order valence-electron chi connectivity index (χ3n) is 2.89. The minimum Gasteiger partial charge on any atom is -0.493 e. The molecule has 1 N–H and O–H groups in total. The maximum Gasteiger partial charge on any atom is 0.317 e. The molecular weight excluding hydrogens is 254 g/mol. The monoisotopic (exact) mass is 275 g/mol. The van der Waals surface area contributed by atoms with Crippen molar-refractivity contribution in [3.05, 3.63) is 29.3 Å². The molecule has 0 heterocycles. The van der Waals surface area contributed by atoms with Crippen LogP contribution < -0.4 is 4.74 Å². The smallest absolute Gasteiger partial charge is 0.317 e. The first kappa shape index (κ1) is 16.1. The maximum absolute atomic E-state index is 10.7. The van der Waals surface area contributed by atoms with Gasteiger partial charge in [0.25, 0.3) is 0 Å². The van der Waals surface area contributed by atoms with Gasteiger partial charge < -0.3 is 9.84 Å². The lowest BCUT2D eigenvalue weighted by Gasteiger charge is -2.17. The van der Waals surface area contributed by atoms with Gasteiger partial charge in [0.2, 0.25) is 0 Å². The van der Waals surface area contributed by atoms with Gasteiger partial charge in [0.05, 0.1) is 19.7 Å². The van der Waals surface area contributed by atoms with Crippen LogP contribution >= 0.6 is 0 Å². The van der Waals surface area contributed by atoms with Crippen molar-refractivity contribution in [2.75, 3.05) is 26.2 Å². The van der Waals surface area contributed by atoms with Gasteiger partial charge in [-0.3, -0.25) is 9.69 Å². The summed E-state index contributed by atoms with van der Waals surface area (Å²) < 4.78 is 5.73. The number of hydrogen-bond donors (Lipinski definition) is 1. The molecule has 0 bridgehead atoms. The molecule has 1 aromatic rings. The molecule has 0 aliphatic heterocycles. The van der Waals surface area contributed by atoms with E-state index in [1.165, 1.54) is 0 Å². The Balaban J connectivity index is 2.38. The first-order chi connectivity index (χ1) is 9.52. The van der Waals surface area contributed by atoms with Crippen molar-refractivity contribution in [1.82, 2.24) is 4.90 Å². The number of ether oxygens (including phenoxy) is 1. The van der Waals surface area contributed by atoms with E-state index in [0.29, 0.717) is 19.7 Å². The van der Waals surface area contributed by atoms with E-state index >= 15 is 0 Å². The molecule has 0 amide bonds. The average molecular weight is 275 g/mol. The first-order valence-corrected chi connectivity index (χ1v) is 6.60. The fourth-order valence-corrected chi connectivity index (χ4v) is 1.87. The van der Waals surface area contributed by atoms with Gasteiger partial charge >= 0.3 is 5.97 Å². The van der Waals surface area contributed by atoms with Crippen molar-refractivity contribution >= 4 is 5.97 Å². The Labute approximate surface area is 120 Å². The number of hydrogen-bond acceptors (Lipinski definition) is 3. The molecule has 0 saturated carbocycles. The number of nitrogens with zero attached hydrogens (tertiary/aromatic N) is 1. The van der Waals surface area contributed by atoms with E-state index in [-0.39, 0.29) is 6.54 Å². The second-order valence-corrected chi connectivity index (χ2v) is 4.78. The predicted octanol–water partition coefficient (Wildman–Crippen LogP) is 2.09. The lowest BCUT2D eigenvalue weighted by molar-refractivity contribution is -0.138. The van der Waals surface area contributed by atoms with Crippen molar-refractivity contribution in [2.24, 2.45) is 0 Å². The van der Waals surface area contributed by atoms with Crippen LogP contribution in [0.5, 0.6) is 5.75 Å². The fourth-order valence-electron chi connectivity index (χ4n) is 1.87. The molecule has 0 spiro atoms. The lowest BCUT2D eigenvalue weighted by Crippen LogP contribution is -2.31. The fraction of sp³-hybridized carbons (Fsp3) is 0.438. The molecule has 20 heavy (non-hydrogen) atoms. The molecule has 0 aliphatic carbocycles. The van der Waals surface area contributed by atoms with Crippen LogP contribution in [0.25, 0.3) is 0 Å². The van der Waals surface area contributed by atoms with E-state index in [9.17, 15) is 4.79 Å². The van der Waals surface area contributed by atoms with Crippen LogP contribution in [0.4, 0.5) is 0 Å². The molecule has 0 unspecified atom stereocenters. The third kappa shape index (κ3) is 5.77. The number of carbonyl (C=O) groups is 1. The molecule has 0 aliphatic rings. The highest BCUT2D eigenvalue weighted by Gasteiger charge is 2.08. The Morgan fingerprint density at radius 2 is 2.20 bits per heavy atom. The number of rotatable bonds is 8. The van der Waals surface area contributed by atoms with Crippen LogP contribution in [0.1, 0.15) is 17.5 Å². The van der Waals surface area contributed by atoms with Crippen LogP contribution in [0.15, 0.2) is 18.2 Å². The number of benzene rings is 1. The summed E-state index contributed by atoms with van der Waals surface area (Å²) in [6, 6.07) is 6.08. The number of carboxylic acids is 1. The molecule has 108 valence electrons. The van der Waals surface area contributed by atoms with Gasteiger partial charge in [0.1, 0.15) is 5.75 Å². The van der Waals surface area contributed by atoms with Gasteiger partial charge in [-0.15, -0.1) is 6.42 Å². The highest BCUT2D eigenvalue weighted by molar-refractivity contribution is 5.69. The van der Waals surface area contributed by atoms with Crippen LogP contribution in [0, 0.1) is 26.2 Å². The molecular formula is C16H21NO3. The van der Waals surface area contributed by atoms with Crippen molar-refractivity contribution in [3.63, 3.8) is 0 Å². The predicted molar refractivity (Wildman–Crippen MR) is 78.9 cm³/mol. The third-order valence-corrected chi connectivity index (χ3v) is 2.89. The zero-order valence-electron chi connectivity index (χ0n) is 12.1. The minimum atomic E-state index is -0.865. The van der Waals surface area contributed by atoms with E-state index < -0.39 is 5.97 Å². The molecule has 4 heteroatoms. The van der Waals surface area contributed by atoms with E-state index in [1.54, 1.807) is 4.90 Å². The Kier molecular flexibility index (Phi) is 6.61. The number of carboxylic acid groups (broad SMARTS) is 1. The normalized spacial score (nSPS) is 10.3. The second-order valence-electron chi connectivity index (χ2n) is 4.78. The minimum absolute atomic E-state index is 0.0341. The Morgan fingerprint density at radius 1 is 1.45 bits per heavy atom. The van der Waals surface area contributed by atoms with Crippen LogP contribution in [0.2, 0.25) is 0 Å². The Hall–Kier alpha value is -1.99. The van der Waals surface area contributed by atoms with Crippen molar-refractivity contribution < 1.29 is 14.6 Å². The Bertz CT molecular complexity index is 491. The average Bonchev–Trinajstić information content (AvgIpc) is 2.38. The van der Waals surface area contributed by atoms with E-state index in [1.807, 2.05) is 32.0 Å². The van der Waals surface area contributed by atoms with Gasteiger partial charge in [-0.05, 0) is 37.5 Å². The van der Waals surface area contributed by atoms with Crippen LogP contribution in [0.3, 0.4) is 0 Å². The summed E-state index contributed by atoms with van der Waals surface area (Å²) in [5.41, 5.74) is 2.26. The largest absolute Gasteiger partial charge is 0.493 e. The van der Waals surface area contributed by atoms with Gasteiger partial charge in [0.15, 0.2) is 0 Å². The van der Waals surface area contributed by atoms with Crippen molar-refractivity contribution in [3.8, 4) is 18.1 Å².